The van der Waals surface area contributed by atoms with Gasteiger partial charge in [0.25, 0.3) is 0 Å². The van der Waals surface area contributed by atoms with Crippen LogP contribution in [0.1, 0.15) is 52.5 Å². The van der Waals surface area contributed by atoms with Crippen LogP contribution in [0.5, 0.6) is 11.5 Å². The zero-order valence-electron chi connectivity index (χ0n) is 19.3. The van der Waals surface area contributed by atoms with Crippen molar-refractivity contribution >= 4 is 40.7 Å². The van der Waals surface area contributed by atoms with Gasteiger partial charge in [-0.3, -0.25) is 10.2 Å². The molecule has 170 valence electrons. The molecule has 3 N–H and O–H groups in total. The number of azo groups is 1. The Morgan fingerprint density at radius 2 is 1.91 bits per heavy atom. The smallest absolute Gasteiger partial charge is 0.224 e. The summed E-state index contributed by atoms with van der Waals surface area (Å²) in [6.07, 6.45) is 4.00. The number of hydrogen-bond acceptors (Lipinski definition) is 6. The molecule has 8 nitrogen and oxygen atoms in total. The average molecular weight is 437 g/mol. The number of benzene rings is 2. The summed E-state index contributed by atoms with van der Waals surface area (Å²) in [6.45, 7) is 9.91. The first-order chi connectivity index (χ1) is 15.6. The van der Waals surface area contributed by atoms with Gasteiger partial charge in [-0.05, 0) is 50.5 Å². The number of nitrogens with zero attached hydrogens (tertiary/aromatic N) is 3. The second-order valence-electron chi connectivity index (χ2n) is 7.57. The number of nitrogens with one attached hydrogen (secondary N) is 3. The minimum absolute atomic E-state index is 0.0373. The molecular weight excluding hydrogens is 404 g/mol. The summed E-state index contributed by atoms with van der Waals surface area (Å²) in [4.78, 5) is 14.5. The molecule has 2 aromatic carbocycles. The van der Waals surface area contributed by atoms with E-state index in [1.165, 1.54) is 0 Å². The number of aryl methyl sites for hydroxylation is 1. The molecule has 2 aromatic rings. The molecule has 3 rings (SSSR count). The standard InChI is InChI=1S/C24H32N6O2/c1-5-9-16-11-12-17(27-20(31)10-6-2)24-21(16)28-23-19(32-24)14-13-18(30(7-3)8-4)22(23)29-26-15-25/h11-15,25,28H,5-10H2,1-4H3,(H,27,31). The van der Waals surface area contributed by atoms with Crippen molar-refractivity contribution in [3.05, 3.63) is 29.8 Å². The lowest BCUT2D eigenvalue weighted by Gasteiger charge is -2.30. The van der Waals surface area contributed by atoms with E-state index in [0.29, 0.717) is 35.0 Å². The quantitative estimate of drug-likeness (QED) is 0.185. The summed E-state index contributed by atoms with van der Waals surface area (Å²) in [5, 5.41) is 22.0. The largest absolute Gasteiger partial charge is 0.451 e. The minimum atomic E-state index is -0.0373. The lowest BCUT2D eigenvalue weighted by molar-refractivity contribution is -0.116. The average Bonchev–Trinajstić information content (AvgIpc) is 2.79. The van der Waals surface area contributed by atoms with Crippen LogP contribution in [0.25, 0.3) is 0 Å². The highest BCUT2D eigenvalue weighted by molar-refractivity contribution is 5.98. The summed E-state index contributed by atoms with van der Waals surface area (Å²) in [5.74, 6) is 1.18. The van der Waals surface area contributed by atoms with Crippen molar-refractivity contribution in [2.24, 2.45) is 10.2 Å². The van der Waals surface area contributed by atoms with Gasteiger partial charge >= 0.3 is 0 Å². The maximum Gasteiger partial charge on any atom is 0.224 e. The Morgan fingerprint density at radius 1 is 1.12 bits per heavy atom. The van der Waals surface area contributed by atoms with E-state index in [9.17, 15) is 4.79 Å². The van der Waals surface area contributed by atoms with Gasteiger partial charge in [0.15, 0.2) is 11.5 Å². The summed E-state index contributed by atoms with van der Waals surface area (Å²) >= 11 is 0. The fraction of sp³-hybridized carbons (Fsp3) is 0.417. The molecule has 0 unspecified atom stereocenters. The van der Waals surface area contributed by atoms with Crippen LogP contribution in [0, 0.1) is 5.41 Å². The molecule has 0 radical (unpaired) electrons. The van der Waals surface area contributed by atoms with Gasteiger partial charge in [-0.1, -0.05) is 26.3 Å². The fourth-order valence-corrected chi connectivity index (χ4v) is 3.89. The predicted octanol–water partition coefficient (Wildman–Crippen LogP) is 6.76. The number of hydrogen-bond donors (Lipinski definition) is 3. The molecule has 1 aliphatic heterocycles. The topological polar surface area (TPSA) is 102 Å². The van der Waals surface area contributed by atoms with Crippen LogP contribution in [-0.2, 0) is 11.2 Å². The van der Waals surface area contributed by atoms with E-state index in [0.717, 1.165) is 55.6 Å². The van der Waals surface area contributed by atoms with Crippen molar-refractivity contribution in [1.29, 1.82) is 5.41 Å². The lowest BCUT2D eigenvalue weighted by Crippen LogP contribution is -2.22. The number of fused-ring (bicyclic) bond motifs is 2. The van der Waals surface area contributed by atoms with E-state index in [4.69, 9.17) is 10.1 Å². The van der Waals surface area contributed by atoms with Gasteiger partial charge in [-0.15, -0.1) is 10.2 Å². The number of anilines is 4. The van der Waals surface area contributed by atoms with Crippen molar-refractivity contribution in [1.82, 2.24) is 0 Å². The van der Waals surface area contributed by atoms with Gasteiger partial charge in [-0.2, -0.15) is 0 Å². The molecule has 1 amide bonds. The highest BCUT2D eigenvalue weighted by Crippen LogP contribution is 2.53. The van der Waals surface area contributed by atoms with Gasteiger partial charge in [0.2, 0.25) is 5.91 Å². The molecule has 1 aliphatic rings. The van der Waals surface area contributed by atoms with Crippen molar-refractivity contribution in [3.63, 3.8) is 0 Å². The van der Waals surface area contributed by atoms with Crippen LogP contribution in [0.15, 0.2) is 34.5 Å². The number of rotatable bonds is 10. The van der Waals surface area contributed by atoms with E-state index in [1.807, 2.05) is 31.2 Å². The fourth-order valence-electron chi connectivity index (χ4n) is 3.89. The third-order valence-corrected chi connectivity index (χ3v) is 5.41. The number of carbonyl (C=O) groups is 1. The summed E-state index contributed by atoms with van der Waals surface area (Å²) in [7, 11) is 0. The first kappa shape index (κ1) is 23.2. The number of carbonyl (C=O) groups excluding carboxylic acids is 1. The molecule has 8 heteroatoms. The van der Waals surface area contributed by atoms with Gasteiger partial charge in [0, 0.05) is 19.5 Å². The zero-order chi connectivity index (χ0) is 23.1. The number of amides is 1. The van der Waals surface area contributed by atoms with Crippen molar-refractivity contribution in [2.75, 3.05) is 28.6 Å². The Hall–Kier alpha value is -3.42. The van der Waals surface area contributed by atoms with E-state index in [-0.39, 0.29) is 5.91 Å². The monoisotopic (exact) mass is 436 g/mol. The Bertz CT molecular complexity index is 1010. The van der Waals surface area contributed by atoms with Crippen molar-refractivity contribution in [3.8, 4) is 11.5 Å². The zero-order valence-corrected chi connectivity index (χ0v) is 19.3. The van der Waals surface area contributed by atoms with E-state index < -0.39 is 0 Å². The van der Waals surface area contributed by atoms with Gasteiger partial charge in [0.05, 0.1) is 17.1 Å². The third-order valence-electron chi connectivity index (χ3n) is 5.41. The summed E-state index contributed by atoms with van der Waals surface area (Å²) in [6, 6.07) is 7.80. The van der Waals surface area contributed by atoms with Gasteiger partial charge in [-0.25, -0.2) is 0 Å². The first-order valence-electron chi connectivity index (χ1n) is 11.3. The lowest BCUT2D eigenvalue weighted by atomic mass is 10.0. The van der Waals surface area contributed by atoms with E-state index in [1.54, 1.807) is 0 Å². The SMILES string of the molecule is CCCC(=O)Nc1ccc(CCC)c2c1Oc1ccc(N(CC)CC)c(N=NC=N)c1N2. The van der Waals surface area contributed by atoms with Crippen molar-refractivity contribution in [2.45, 2.75) is 53.4 Å². The molecular formula is C24H32N6O2. The summed E-state index contributed by atoms with van der Waals surface area (Å²) < 4.78 is 6.34. The minimum Gasteiger partial charge on any atom is -0.451 e. The first-order valence-corrected chi connectivity index (χ1v) is 11.3. The predicted molar refractivity (Wildman–Crippen MR) is 131 cm³/mol. The molecule has 0 spiro atoms. The molecule has 0 saturated carbocycles. The molecule has 0 atom stereocenters. The molecule has 0 saturated heterocycles. The Morgan fingerprint density at radius 3 is 2.56 bits per heavy atom. The highest BCUT2D eigenvalue weighted by Gasteiger charge is 2.27. The number of ether oxygens (including phenoxy) is 1. The molecule has 0 bridgehead atoms. The molecule has 0 fully saturated rings. The second-order valence-corrected chi connectivity index (χ2v) is 7.57. The Kier molecular flexibility index (Phi) is 7.81. The van der Waals surface area contributed by atoms with Crippen LogP contribution in [0.4, 0.5) is 28.4 Å². The van der Waals surface area contributed by atoms with Gasteiger partial charge in [0.1, 0.15) is 17.7 Å². The van der Waals surface area contributed by atoms with Crippen LogP contribution < -0.4 is 20.3 Å². The van der Waals surface area contributed by atoms with Crippen LogP contribution in [-0.4, -0.2) is 25.3 Å². The van der Waals surface area contributed by atoms with Crippen LogP contribution in [0.2, 0.25) is 0 Å². The van der Waals surface area contributed by atoms with Crippen LogP contribution in [0.3, 0.4) is 0 Å². The molecule has 0 aliphatic carbocycles. The molecule has 1 heterocycles. The maximum absolute atomic E-state index is 12.3. The second kappa shape index (κ2) is 10.7. The van der Waals surface area contributed by atoms with E-state index >= 15 is 0 Å². The van der Waals surface area contributed by atoms with E-state index in [2.05, 4.69) is 46.5 Å². The summed E-state index contributed by atoms with van der Waals surface area (Å²) in [5.41, 5.74) is 4.84. The molecule has 32 heavy (non-hydrogen) atoms. The normalized spacial score (nSPS) is 11.9. The van der Waals surface area contributed by atoms with Gasteiger partial charge < -0.3 is 20.3 Å². The van der Waals surface area contributed by atoms with Crippen LogP contribution >= 0.6 is 0 Å². The van der Waals surface area contributed by atoms with Crippen molar-refractivity contribution < 1.29 is 9.53 Å². The molecule has 0 aromatic heterocycles. The Balaban J connectivity index is 2.13. The third kappa shape index (κ3) is 4.74. The highest BCUT2D eigenvalue weighted by atomic mass is 16.5. The maximum atomic E-state index is 12.3. The Labute approximate surface area is 189 Å².